The SMILES string of the molecule is CNC(=O)CNC(=O)c1cc(OC)cc(NC2=NCC(O)CN2)n1. The van der Waals surface area contributed by atoms with Crippen LogP contribution in [0.2, 0.25) is 0 Å². The minimum atomic E-state index is -0.528. The van der Waals surface area contributed by atoms with E-state index in [0.717, 1.165) is 0 Å². The largest absolute Gasteiger partial charge is 0.497 e. The molecule has 0 bridgehead atoms. The molecule has 2 heterocycles. The number of hydrogen-bond donors (Lipinski definition) is 5. The van der Waals surface area contributed by atoms with Gasteiger partial charge in [-0.1, -0.05) is 0 Å². The molecule has 0 saturated carbocycles. The van der Waals surface area contributed by atoms with Crippen molar-refractivity contribution < 1.29 is 19.4 Å². The Hall–Kier alpha value is -2.88. The molecule has 24 heavy (non-hydrogen) atoms. The van der Waals surface area contributed by atoms with Gasteiger partial charge >= 0.3 is 0 Å². The molecule has 1 unspecified atom stereocenters. The van der Waals surface area contributed by atoms with E-state index in [4.69, 9.17) is 4.74 Å². The van der Waals surface area contributed by atoms with Crippen LogP contribution in [-0.4, -0.2) is 67.8 Å². The molecule has 1 aromatic rings. The van der Waals surface area contributed by atoms with Crippen LogP contribution in [-0.2, 0) is 4.79 Å². The molecule has 1 aliphatic heterocycles. The van der Waals surface area contributed by atoms with Crippen LogP contribution in [0.3, 0.4) is 0 Å². The van der Waals surface area contributed by atoms with Gasteiger partial charge < -0.3 is 31.1 Å². The number of carbonyl (C=O) groups is 2. The Morgan fingerprint density at radius 3 is 2.88 bits per heavy atom. The van der Waals surface area contributed by atoms with E-state index < -0.39 is 12.0 Å². The third kappa shape index (κ3) is 4.81. The van der Waals surface area contributed by atoms with E-state index in [0.29, 0.717) is 24.1 Å². The Balaban J connectivity index is 2.12. The summed E-state index contributed by atoms with van der Waals surface area (Å²) in [4.78, 5) is 31.6. The molecule has 0 saturated heterocycles. The Labute approximate surface area is 138 Å². The highest BCUT2D eigenvalue weighted by Crippen LogP contribution is 2.17. The van der Waals surface area contributed by atoms with E-state index in [-0.39, 0.29) is 24.7 Å². The topological polar surface area (TPSA) is 137 Å². The summed E-state index contributed by atoms with van der Waals surface area (Å²) in [5.74, 6) is 0.396. The predicted octanol–water partition coefficient (Wildman–Crippen LogP) is -1.70. The van der Waals surface area contributed by atoms with E-state index in [9.17, 15) is 14.7 Å². The number of nitrogens with one attached hydrogen (secondary N) is 4. The fraction of sp³-hybridized carbons (Fsp3) is 0.429. The van der Waals surface area contributed by atoms with Crippen molar-refractivity contribution in [1.29, 1.82) is 0 Å². The second-order valence-electron chi connectivity index (χ2n) is 4.98. The van der Waals surface area contributed by atoms with Gasteiger partial charge in [0.25, 0.3) is 5.91 Å². The maximum absolute atomic E-state index is 12.1. The van der Waals surface area contributed by atoms with Gasteiger partial charge in [0.05, 0.1) is 26.3 Å². The first-order chi connectivity index (χ1) is 11.5. The minimum Gasteiger partial charge on any atom is -0.497 e. The number of β-amino-alcohol motifs (C(OH)–C–C–N with tert-alkyl or cyclic N) is 1. The molecule has 1 atom stereocenters. The number of guanidine groups is 1. The number of nitrogens with zero attached hydrogens (tertiary/aromatic N) is 2. The highest BCUT2D eigenvalue weighted by Gasteiger charge is 2.15. The maximum Gasteiger partial charge on any atom is 0.270 e. The number of hydrogen-bond acceptors (Lipinski definition) is 8. The van der Waals surface area contributed by atoms with Gasteiger partial charge in [0.2, 0.25) is 5.91 Å². The first kappa shape index (κ1) is 17.5. The first-order valence-electron chi connectivity index (χ1n) is 7.30. The average Bonchev–Trinajstić information content (AvgIpc) is 2.60. The lowest BCUT2D eigenvalue weighted by molar-refractivity contribution is -0.119. The quantitative estimate of drug-likeness (QED) is 0.432. The summed E-state index contributed by atoms with van der Waals surface area (Å²) in [6.45, 7) is 0.497. The van der Waals surface area contributed by atoms with Gasteiger partial charge in [-0.05, 0) is 0 Å². The normalized spacial score (nSPS) is 16.5. The molecular weight excluding hydrogens is 316 g/mol. The van der Waals surface area contributed by atoms with Gasteiger partial charge in [0, 0.05) is 25.7 Å². The molecule has 0 fully saturated rings. The third-order valence-corrected chi connectivity index (χ3v) is 3.17. The monoisotopic (exact) mass is 336 g/mol. The summed E-state index contributed by atoms with van der Waals surface area (Å²) in [7, 11) is 2.95. The van der Waals surface area contributed by atoms with Crippen LogP contribution in [0, 0.1) is 0 Å². The molecule has 10 nitrogen and oxygen atoms in total. The van der Waals surface area contributed by atoms with Crippen molar-refractivity contribution in [2.24, 2.45) is 4.99 Å². The molecule has 1 aliphatic rings. The van der Waals surface area contributed by atoms with E-state index in [1.807, 2.05) is 0 Å². The maximum atomic E-state index is 12.1. The molecule has 2 amide bonds. The number of aliphatic imine (C=N–C) groups is 1. The van der Waals surface area contributed by atoms with Crippen LogP contribution >= 0.6 is 0 Å². The zero-order chi connectivity index (χ0) is 17.5. The minimum absolute atomic E-state index is 0.0946. The number of amides is 2. The zero-order valence-corrected chi connectivity index (χ0v) is 13.4. The van der Waals surface area contributed by atoms with Crippen molar-refractivity contribution in [2.75, 3.05) is 39.1 Å². The molecule has 0 aliphatic carbocycles. The number of likely N-dealkylation sites (N-methyl/N-ethyl adjacent to an activating group) is 1. The van der Waals surface area contributed by atoms with Gasteiger partial charge in [-0.15, -0.1) is 0 Å². The standard InChI is InChI=1S/C14H20N6O4/c1-15-12(22)7-16-13(23)10-3-9(24-2)4-11(19-10)20-14-17-5-8(21)6-18-14/h3-4,8,21H,5-7H2,1-2H3,(H,15,22)(H,16,23)(H2,17,18,19,20). The second kappa shape index (κ2) is 8.11. The third-order valence-electron chi connectivity index (χ3n) is 3.17. The molecule has 2 rings (SSSR count). The van der Waals surface area contributed by atoms with Gasteiger partial charge in [0.15, 0.2) is 5.96 Å². The van der Waals surface area contributed by atoms with Gasteiger partial charge in [0.1, 0.15) is 17.3 Å². The number of aromatic nitrogens is 1. The predicted molar refractivity (Wildman–Crippen MR) is 87.1 cm³/mol. The van der Waals surface area contributed by atoms with Crippen molar-refractivity contribution in [3.05, 3.63) is 17.8 Å². The number of aliphatic hydroxyl groups excluding tert-OH is 1. The molecule has 10 heteroatoms. The Kier molecular flexibility index (Phi) is 5.90. The van der Waals surface area contributed by atoms with Crippen LogP contribution in [0.4, 0.5) is 5.82 Å². The van der Waals surface area contributed by atoms with Crippen molar-refractivity contribution >= 4 is 23.6 Å². The Morgan fingerprint density at radius 1 is 1.46 bits per heavy atom. The van der Waals surface area contributed by atoms with E-state index in [1.54, 1.807) is 6.07 Å². The van der Waals surface area contributed by atoms with E-state index in [2.05, 4.69) is 31.2 Å². The summed E-state index contributed by atoms with van der Waals surface area (Å²) < 4.78 is 5.16. The van der Waals surface area contributed by atoms with Crippen LogP contribution in [0.15, 0.2) is 17.1 Å². The second-order valence-corrected chi connectivity index (χ2v) is 4.98. The van der Waals surface area contributed by atoms with Crippen molar-refractivity contribution in [2.45, 2.75) is 6.10 Å². The van der Waals surface area contributed by atoms with Gasteiger partial charge in [-0.2, -0.15) is 0 Å². The Bertz CT molecular complexity index is 648. The molecule has 0 radical (unpaired) electrons. The van der Waals surface area contributed by atoms with Gasteiger partial charge in [-0.3, -0.25) is 14.6 Å². The highest BCUT2D eigenvalue weighted by molar-refractivity contribution is 5.97. The van der Waals surface area contributed by atoms with Crippen molar-refractivity contribution in [1.82, 2.24) is 20.9 Å². The number of methoxy groups -OCH3 is 1. The summed E-state index contributed by atoms with van der Waals surface area (Å²) >= 11 is 0. The van der Waals surface area contributed by atoms with Crippen LogP contribution in [0.5, 0.6) is 5.75 Å². The molecule has 0 spiro atoms. The Morgan fingerprint density at radius 2 is 2.25 bits per heavy atom. The number of ether oxygens (including phenoxy) is 1. The fourth-order valence-electron chi connectivity index (χ4n) is 1.88. The molecule has 1 aromatic heterocycles. The van der Waals surface area contributed by atoms with E-state index in [1.165, 1.54) is 20.2 Å². The lowest BCUT2D eigenvalue weighted by Crippen LogP contribution is -2.42. The number of carbonyl (C=O) groups excluding carboxylic acids is 2. The lowest BCUT2D eigenvalue weighted by Gasteiger charge is -2.19. The summed E-state index contributed by atoms with van der Waals surface area (Å²) in [6.07, 6.45) is -0.528. The smallest absolute Gasteiger partial charge is 0.270 e. The average molecular weight is 336 g/mol. The first-order valence-corrected chi connectivity index (χ1v) is 7.30. The molecule has 5 N–H and O–H groups in total. The number of pyridine rings is 1. The molecular formula is C14H20N6O4. The van der Waals surface area contributed by atoms with Crippen molar-refractivity contribution in [3.63, 3.8) is 0 Å². The van der Waals surface area contributed by atoms with Gasteiger partial charge in [-0.25, -0.2) is 4.98 Å². The highest BCUT2D eigenvalue weighted by atomic mass is 16.5. The molecule has 0 aromatic carbocycles. The van der Waals surface area contributed by atoms with Crippen LogP contribution in [0.25, 0.3) is 0 Å². The lowest BCUT2D eigenvalue weighted by atomic mass is 10.3. The summed E-state index contributed by atoms with van der Waals surface area (Å²) in [5, 5.41) is 20.1. The van der Waals surface area contributed by atoms with Crippen LogP contribution in [0.1, 0.15) is 10.5 Å². The van der Waals surface area contributed by atoms with Crippen molar-refractivity contribution in [3.8, 4) is 5.75 Å². The zero-order valence-electron chi connectivity index (χ0n) is 13.4. The van der Waals surface area contributed by atoms with E-state index >= 15 is 0 Å². The molecule has 130 valence electrons. The van der Waals surface area contributed by atoms with Crippen LogP contribution < -0.4 is 26.0 Å². The number of rotatable bonds is 5. The number of anilines is 1. The fourth-order valence-corrected chi connectivity index (χ4v) is 1.88. The summed E-state index contributed by atoms with van der Waals surface area (Å²) in [6, 6.07) is 3.06. The summed E-state index contributed by atoms with van der Waals surface area (Å²) in [5.41, 5.74) is 0.0946. The number of aliphatic hydroxyl groups is 1.